The zero-order chi connectivity index (χ0) is 16.1. The van der Waals surface area contributed by atoms with E-state index < -0.39 is 11.9 Å². The van der Waals surface area contributed by atoms with Gasteiger partial charge < -0.3 is 10.4 Å². The molecule has 1 heterocycles. The van der Waals surface area contributed by atoms with Gasteiger partial charge in [-0.05, 0) is 31.9 Å². The molecule has 0 spiro atoms. The molecule has 6 heteroatoms. The Labute approximate surface area is 128 Å². The lowest BCUT2D eigenvalue weighted by molar-refractivity contribution is 0.0941. The van der Waals surface area contributed by atoms with Gasteiger partial charge in [0.1, 0.15) is 11.5 Å². The minimum atomic E-state index is -0.414. The molecular weight excluding hydrogens is 285 g/mol. The maximum absolute atomic E-state index is 13.8. The first-order valence-electron chi connectivity index (χ1n) is 7.30. The van der Waals surface area contributed by atoms with Crippen LogP contribution in [0.3, 0.4) is 0 Å². The molecule has 2 N–H and O–H groups in total. The Hall–Kier alpha value is -2.21. The van der Waals surface area contributed by atoms with E-state index in [1.54, 1.807) is 25.1 Å². The van der Waals surface area contributed by atoms with Crippen molar-refractivity contribution in [2.45, 2.75) is 32.8 Å². The molecule has 1 amide bonds. The van der Waals surface area contributed by atoms with Crippen LogP contribution in [0.25, 0.3) is 5.69 Å². The second-order valence-electron chi connectivity index (χ2n) is 5.11. The van der Waals surface area contributed by atoms with E-state index in [9.17, 15) is 14.3 Å². The van der Waals surface area contributed by atoms with Crippen molar-refractivity contribution in [2.75, 3.05) is 6.54 Å². The number of nitrogens with one attached hydrogen (secondary N) is 1. The molecular formula is C16H20FN3O2. The Morgan fingerprint density at radius 3 is 2.86 bits per heavy atom. The fourth-order valence-corrected chi connectivity index (χ4v) is 2.15. The Morgan fingerprint density at radius 1 is 1.45 bits per heavy atom. The standard InChI is InChI=1S/C16H20FN3O2/c1-3-12(21)8-9-18-16(22)13-10-19-20(11(13)2)15-7-5-4-6-14(15)17/h4-7,10,12,21H,3,8-9H2,1-2H3,(H,18,22). The second kappa shape index (κ2) is 7.17. The minimum Gasteiger partial charge on any atom is -0.393 e. The molecule has 0 radical (unpaired) electrons. The van der Waals surface area contributed by atoms with Crippen LogP contribution in [0, 0.1) is 12.7 Å². The third kappa shape index (κ3) is 3.51. The lowest BCUT2D eigenvalue weighted by atomic mass is 10.2. The number of para-hydroxylation sites is 1. The lowest BCUT2D eigenvalue weighted by Gasteiger charge is -2.09. The highest BCUT2D eigenvalue weighted by molar-refractivity contribution is 5.95. The average molecular weight is 305 g/mol. The molecule has 5 nitrogen and oxygen atoms in total. The SMILES string of the molecule is CCC(O)CCNC(=O)c1cnn(-c2ccccc2F)c1C. The molecule has 2 aromatic rings. The maximum Gasteiger partial charge on any atom is 0.254 e. The van der Waals surface area contributed by atoms with Gasteiger partial charge in [0.05, 0.1) is 23.6 Å². The van der Waals surface area contributed by atoms with Crippen LogP contribution >= 0.6 is 0 Å². The summed E-state index contributed by atoms with van der Waals surface area (Å²) in [6.07, 6.45) is 2.17. The summed E-state index contributed by atoms with van der Waals surface area (Å²) >= 11 is 0. The zero-order valence-electron chi connectivity index (χ0n) is 12.7. The third-order valence-electron chi connectivity index (χ3n) is 3.57. The van der Waals surface area contributed by atoms with E-state index in [-0.39, 0.29) is 5.91 Å². The summed E-state index contributed by atoms with van der Waals surface area (Å²) < 4.78 is 15.2. The Balaban J connectivity index is 2.11. The van der Waals surface area contributed by atoms with Crippen molar-refractivity contribution < 1.29 is 14.3 Å². The Kier molecular flexibility index (Phi) is 5.27. The predicted molar refractivity (Wildman–Crippen MR) is 81.5 cm³/mol. The van der Waals surface area contributed by atoms with E-state index in [2.05, 4.69) is 10.4 Å². The first kappa shape index (κ1) is 16.2. The average Bonchev–Trinajstić information content (AvgIpc) is 2.89. The summed E-state index contributed by atoms with van der Waals surface area (Å²) in [6.45, 7) is 3.99. The van der Waals surface area contributed by atoms with Crippen molar-refractivity contribution in [3.05, 3.63) is 47.5 Å². The molecule has 2 rings (SSSR count). The Morgan fingerprint density at radius 2 is 2.18 bits per heavy atom. The van der Waals surface area contributed by atoms with Crippen LogP contribution in [-0.2, 0) is 0 Å². The van der Waals surface area contributed by atoms with E-state index >= 15 is 0 Å². The van der Waals surface area contributed by atoms with Crippen LogP contribution in [0.4, 0.5) is 4.39 Å². The summed E-state index contributed by atoms with van der Waals surface area (Å²) in [5.74, 6) is -0.671. The number of aromatic nitrogens is 2. The molecule has 0 saturated heterocycles. The van der Waals surface area contributed by atoms with E-state index in [4.69, 9.17) is 0 Å². The van der Waals surface area contributed by atoms with Crippen LogP contribution in [0.1, 0.15) is 35.8 Å². The first-order valence-corrected chi connectivity index (χ1v) is 7.30. The fraction of sp³-hybridized carbons (Fsp3) is 0.375. The second-order valence-corrected chi connectivity index (χ2v) is 5.11. The van der Waals surface area contributed by atoms with Crippen LogP contribution < -0.4 is 5.32 Å². The number of amides is 1. The smallest absolute Gasteiger partial charge is 0.254 e. The molecule has 0 bridgehead atoms. The Bertz CT molecular complexity index is 655. The fourth-order valence-electron chi connectivity index (χ4n) is 2.15. The number of halogens is 1. The molecule has 0 aliphatic rings. The van der Waals surface area contributed by atoms with Gasteiger partial charge >= 0.3 is 0 Å². The van der Waals surface area contributed by atoms with Gasteiger partial charge in [-0.15, -0.1) is 0 Å². The van der Waals surface area contributed by atoms with Crippen LogP contribution in [0.15, 0.2) is 30.5 Å². The molecule has 0 aliphatic heterocycles. The van der Waals surface area contributed by atoms with Crippen molar-refractivity contribution in [1.29, 1.82) is 0 Å². The largest absolute Gasteiger partial charge is 0.393 e. The third-order valence-corrected chi connectivity index (χ3v) is 3.57. The van der Waals surface area contributed by atoms with Gasteiger partial charge in [0, 0.05) is 6.54 Å². The number of carbonyl (C=O) groups is 1. The van der Waals surface area contributed by atoms with Crippen molar-refractivity contribution in [3.8, 4) is 5.69 Å². The van der Waals surface area contributed by atoms with Crippen LogP contribution in [0.5, 0.6) is 0 Å². The number of carbonyl (C=O) groups excluding carboxylic acids is 1. The lowest BCUT2D eigenvalue weighted by Crippen LogP contribution is -2.27. The summed E-state index contributed by atoms with van der Waals surface area (Å²) in [5, 5.41) is 16.3. The number of benzene rings is 1. The first-order chi connectivity index (χ1) is 10.5. The predicted octanol–water partition coefficient (Wildman–Crippen LogP) is 2.21. The van der Waals surface area contributed by atoms with E-state index in [0.717, 1.165) is 0 Å². The van der Waals surface area contributed by atoms with Crippen molar-refractivity contribution in [2.24, 2.45) is 0 Å². The number of aliphatic hydroxyl groups excluding tert-OH is 1. The van der Waals surface area contributed by atoms with Crippen molar-refractivity contribution in [3.63, 3.8) is 0 Å². The highest BCUT2D eigenvalue weighted by Gasteiger charge is 2.16. The van der Waals surface area contributed by atoms with Gasteiger partial charge in [-0.1, -0.05) is 19.1 Å². The minimum absolute atomic E-state index is 0.275. The summed E-state index contributed by atoms with van der Waals surface area (Å²) in [5.41, 5.74) is 1.27. The topological polar surface area (TPSA) is 67.2 Å². The summed E-state index contributed by atoms with van der Waals surface area (Å²) in [6, 6.07) is 6.27. The normalized spacial score (nSPS) is 12.2. The number of hydrogen-bond acceptors (Lipinski definition) is 3. The van der Waals surface area contributed by atoms with E-state index in [1.165, 1.54) is 16.9 Å². The van der Waals surface area contributed by atoms with Gasteiger partial charge in [0.15, 0.2) is 0 Å². The van der Waals surface area contributed by atoms with Gasteiger partial charge in [-0.25, -0.2) is 9.07 Å². The quantitative estimate of drug-likeness (QED) is 0.860. The highest BCUT2D eigenvalue weighted by atomic mass is 19.1. The van der Waals surface area contributed by atoms with E-state index in [0.29, 0.717) is 36.3 Å². The molecule has 1 atom stereocenters. The molecule has 1 aromatic carbocycles. The molecule has 0 saturated carbocycles. The van der Waals surface area contributed by atoms with Gasteiger partial charge in [0.2, 0.25) is 0 Å². The molecule has 118 valence electrons. The van der Waals surface area contributed by atoms with Crippen molar-refractivity contribution >= 4 is 5.91 Å². The number of nitrogens with zero attached hydrogens (tertiary/aromatic N) is 2. The number of rotatable bonds is 6. The van der Waals surface area contributed by atoms with Crippen LogP contribution in [-0.4, -0.2) is 33.4 Å². The van der Waals surface area contributed by atoms with Crippen molar-refractivity contribution in [1.82, 2.24) is 15.1 Å². The van der Waals surface area contributed by atoms with Gasteiger partial charge in [0.25, 0.3) is 5.91 Å². The van der Waals surface area contributed by atoms with Gasteiger partial charge in [-0.3, -0.25) is 4.79 Å². The maximum atomic E-state index is 13.8. The van der Waals surface area contributed by atoms with Gasteiger partial charge in [-0.2, -0.15) is 5.10 Å². The monoisotopic (exact) mass is 305 g/mol. The molecule has 22 heavy (non-hydrogen) atoms. The highest BCUT2D eigenvalue weighted by Crippen LogP contribution is 2.16. The zero-order valence-corrected chi connectivity index (χ0v) is 12.7. The van der Waals surface area contributed by atoms with Crippen LogP contribution in [0.2, 0.25) is 0 Å². The van der Waals surface area contributed by atoms with E-state index in [1.807, 2.05) is 6.92 Å². The summed E-state index contributed by atoms with van der Waals surface area (Å²) in [7, 11) is 0. The molecule has 0 aliphatic carbocycles. The molecule has 1 aromatic heterocycles. The summed E-state index contributed by atoms with van der Waals surface area (Å²) in [4.78, 5) is 12.1. The molecule has 1 unspecified atom stereocenters. The molecule has 0 fully saturated rings. The number of aliphatic hydroxyl groups is 1. The number of hydrogen-bond donors (Lipinski definition) is 2.